The van der Waals surface area contributed by atoms with Crippen LogP contribution in [0.4, 0.5) is 0 Å². The van der Waals surface area contributed by atoms with E-state index in [1.165, 1.54) is 77.8 Å². The Bertz CT molecular complexity index is 260. The van der Waals surface area contributed by atoms with E-state index in [2.05, 4.69) is 37.5 Å². The van der Waals surface area contributed by atoms with Crippen molar-refractivity contribution < 1.29 is 4.74 Å². The molecule has 0 saturated carbocycles. The van der Waals surface area contributed by atoms with Crippen molar-refractivity contribution >= 4 is 0 Å². The molecule has 0 aliphatic carbocycles. The number of rotatable bonds is 13. The van der Waals surface area contributed by atoms with Crippen molar-refractivity contribution in [2.24, 2.45) is 11.8 Å². The second-order valence-electron chi connectivity index (χ2n) is 8.07. The largest absolute Gasteiger partial charge is 0.381 e. The third-order valence-electron chi connectivity index (χ3n) is 4.80. The van der Waals surface area contributed by atoms with Gasteiger partial charge >= 0.3 is 0 Å². The first-order valence-electron chi connectivity index (χ1n) is 10.1. The smallest absolute Gasteiger partial charge is 0.0466 e. The summed E-state index contributed by atoms with van der Waals surface area (Å²) < 4.78 is 5.73. The molecular formula is C20H42N2O. The average molecular weight is 327 g/mol. The quantitative estimate of drug-likeness (QED) is 0.470. The molecule has 0 spiro atoms. The minimum Gasteiger partial charge on any atom is -0.381 e. The van der Waals surface area contributed by atoms with Gasteiger partial charge < -0.3 is 14.5 Å². The molecule has 1 aliphatic heterocycles. The van der Waals surface area contributed by atoms with E-state index in [-0.39, 0.29) is 0 Å². The predicted molar refractivity (Wildman–Crippen MR) is 101 cm³/mol. The topological polar surface area (TPSA) is 15.7 Å². The van der Waals surface area contributed by atoms with E-state index >= 15 is 0 Å². The van der Waals surface area contributed by atoms with Crippen LogP contribution < -0.4 is 0 Å². The number of unbranched alkanes of at least 4 members (excludes halogenated alkanes) is 1. The van der Waals surface area contributed by atoms with Gasteiger partial charge in [0.1, 0.15) is 0 Å². The summed E-state index contributed by atoms with van der Waals surface area (Å²) >= 11 is 0. The molecule has 3 heteroatoms. The molecule has 138 valence electrons. The number of hydrogen-bond donors (Lipinski definition) is 0. The summed E-state index contributed by atoms with van der Waals surface area (Å²) in [4.78, 5) is 5.29. The minimum atomic E-state index is 0.808. The van der Waals surface area contributed by atoms with Gasteiger partial charge in [0.2, 0.25) is 0 Å². The normalized spacial score (nSPS) is 17.5. The van der Waals surface area contributed by atoms with E-state index < -0.39 is 0 Å². The third-order valence-corrected chi connectivity index (χ3v) is 4.80. The van der Waals surface area contributed by atoms with Crippen LogP contribution in [0.1, 0.15) is 66.2 Å². The van der Waals surface area contributed by atoms with Crippen LogP contribution >= 0.6 is 0 Å². The van der Waals surface area contributed by atoms with Crippen LogP contribution in [0.5, 0.6) is 0 Å². The zero-order chi connectivity index (χ0) is 16.9. The number of ether oxygens (including phenoxy) is 1. The van der Waals surface area contributed by atoms with Crippen molar-refractivity contribution in [2.45, 2.75) is 66.2 Å². The highest BCUT2D eigenvalue weighted by Gasteiger charge is 2.15. The molecule has 1 fully saturated rings. The fourth-order valence-electron chi connectivity index (χ4n) is 3.19. The fraction of sp³-hybridized carbons (Fsp3) is 1.00. The van der Waals surface area contributed by atoms with E-state index in [0.29, 0.717) is 0 Å². The predicted octanol–water partition coefficient (Wildman–Crippen LogP) is 4.27. The maximum Gasteiger partial charge on any atom is 0.0466 e. The Balaban J connectivity index is 1.88. The summed E-state index contributed by atoms with van der Waals surface area (Å²) in [5.41, 5.74) is 0. The lowest BCUT2D eigenvalue weighted by atomic mass is 10.1. The lowest BCUT2D eigenvalue weighted by Gasteiger charge is -2.34. The maximum atomic E-state index is 5.73. The monoisotopic (exact) mass is 326 g/mol. The summed E-state index contributed by atoms with van der Waals surface area (Å²) in [5, 5.41) is 0. The minimum absolute atomic E-state index is 0.808. The van der Waals surface area contributed by atoms with E-state index in [1.54, 1.807) is 0 Å². The Morgan fingerprint density at radius 3 is 1.70 bits per heavy atom. The fourth-order valence-corrected chi connectivity index (χ4v) is 3.19. The van der Waals surface area contributed by atoms with E-state index in [0.717, 1.165) is 25.0 Å². The molecular weight excluding hydrogens is 284 g/mol. The van der Waals surface area contributed by atoms with Crippen molar-refractivity contribution in [1.82, 2.24) is 9.80 Å². The van der Waals surface area contributed by atoms with Crippen LogP contribution in [-0.4, -0.2) is 62.3 Å². The molecule has 23 heavy (non-hydrogen) atoms. The average Bonchev–Trinajstić information content (AvgIpc) is 2.50. The molecule has 0 atom stereocenters. The van der Waals surface area contributed by atoms with E-state index in [4.69, 9.17) is 4.74 Å². The molecule has 0 N–H and O–H groups in total. The SMILES string of the molecule is CC(C)CCCOCCCCN1CCN(CCCC(C)C)CC1. The highest BCUT2D eigenvalue weighted by Crippen LogP contribution is 2.08. The zero-order valence-electron chi connectivity index (χ0n) is 16.4. The lowest BCUT2D eigenvalue weighted by molar-refractivity contribution is 0.109. The van der Waals surface area contributed by atoms with Crippen LogP contribution in [0, 0.1) is 11.8 Å². The Morgan fingerprint density at radius 1 is 0.652 bits per heavy atom. The van der Waals surface area contributed by atoms with Gasteiger partial charge in [-0.3, -0.25) is 0 Å². The number of piperazine rings is 1. The summed E-state index contributed by atoms with van der Waals surface area (Å²) in [6.45, 7) is 18.7. The van der Waals surface area contributed by atoms with Gasteiger partial charge in [-0.1, -0.05) is 27.7 Å². The Kier molecular flexibility index (Phi) is 12.0. The van der Waals surface area contributed by atoms with Gasteiger partial charge in [-0.05, 0) is 63.5 Å². The first-order valence-corrected chi connectivity index (χ1v) is 10.1. The van der Waals surface area contributed by atoms with Gasteiger partial charge in [0.25, 0.3) is 0 Å². The molecule has 1 saturated heterocycles. The van der Waals surface area contributed by atoms with Gasteiger partial charge in [0.05, 0.1) is 0 Å². The first kappa shape index (κ1) is 20.9. The molecule has 0 bridgehead atoms. The van der Waals surface area contributed by atoms with E-state index in [1.807, 2.05) is 0 Å². The molecule has 1 rings (SSSR count). The van der Waals surface area contributed by atoms with E-state index in [9.17, 15) is 0 Å². The van der Waals surface area contributed by atoms with Crippen LogP contribution in [0.2, 0.25) is 0 Å². The van der Waals surface area contributed by atoms with Crippen LogP contribution in [0.25, 0.3) is 0 Å². The zero-order valence-corrected chi connectivity index (χ0v) is 16.4. The molecule has 0 aromatic rings. The molecule has 3 nitrogen and oxygen atoms in total. The lowest BCUT2D eigenvalue weighted by Crippen LogP contribution is -2.46. The Morgan fingerprint density at radius 2 is 1.13 bits per heavy atom. The standard InChI is InChI=1S/C20H42N2O/c1-19(2)9-7-12-22-15-13-21(14-16-22)11-5-6-17-23-18-8-10-20(3)4/h19-20H,5-18H2,1-4H3. The Labute approximate surface area is 145 Å². The van der Waals surface area contributed by atoms with Crippen molar-refractivity contribution in [3.8, 4) is 0 Å². The van der Waals surface area contributed by atoms with Crippen LogP contribution in [-0.2, 0) is 4.74 Å². The van der Waals surface area contributed by atoms with Crippen molar-refractivity contribution in [1.29, 1.82) is 0 Å². The molecule has 0 unspecified atom stereocenters. The van der Waals surface area contributed by atoms with Crippen molar-refractivity contribution in [2.75, 3.05) is 52.5 Å². The number of hydrogen-bond acceptors (Lipinski definition) is 3. The maximum absolute atomic E-state index is 5.73. The molecule has 0 radical (unpaired) electrons. The van der Waals surface area contributed by atoms with Gasteiger partial charge in [0.15, 0.2) is 0 Å². The third kappa shape index (κ3) is 12.0. The highest BCUT2D eigenvalue weighted by atomic mass is 16.5. The molecule has 1 heterocycles. The number of nitrogens with zero attached hydrogens (tertiary/aromatic N) is 2. The van der Waals surface area contributed by atoms with Crippen LogP contribution in [0.3, 0.4) is 0 Å². The second kappa shape index (κ2) is 13.2. The summed E-state index contributed by atoms with van der Waals surface area (Å²) in [7, 11) is 0. The van der Waals surface area contributed by atoms with Gasteiger partial charge in [-0.2, -0.15) is 0 Å². The molecule has 0 aromatic heterocycles. The van der Waals surface area contributed by atoms with Crippen LogP contribution in [0.15, 0.2) is 0 Å². The highest BCUT2D eigenvalue weighted by molar-refractivity contribution is 4.72. The molecule has 0 amide bonds. The Hall–Kier alpha value is -0.120. The second-order valence-corrected chi connectivity index (χ2v) is 8.07. The molecule has 1 aliphatic rings. The van der Waals surface area contributed by atoms with Gasteiger partial charge in [-0.15, -0.1) is 0 Å². The summed E-state index contributed by atoms with van der Waals surface area (Å²) in [5.74, 6) is 1.66. The summed E-state index contributed by atoms with van der Waals surface area (Å²) in [6, 6.07) is 0. The molecule has 0 aromatic carbocycles. The van der Waals surface area contributed by atoms with Crippen molar-refractivity contribution in [3.63, 3.8) is 0 Å². The summed E-state index contributed by atoms with van der Waals surface area (Å²) in [6.07, 6.45) is 7.76. The van der Waals surface area contributed by atoms with Gasteiger partial charge in [0, 0.05) is 39.4 Å². The first-order chi connectivity index (χ1) is 11.1. The van der Waals surface area contributed by atoms with Crippen molar-refractivity contribution in [3.05, 3.63) is 0 Å². The van der Waals surface area contributed by atoms with Gasteiger partial charge in [-0.25, -0.2) is 0 Å².